The van der Waals surface area contributed by atoms with E-state index < -0.39 is 10.9 Å². The number of hydrazine groups is 1. The molecule has 0 heterocycles. The Balaban J connectivity index is 2.99. The molecule has 0 amide bonds. The molecule has 0 fully saturated rings. The average molecular weight is 104 g/mol. The molecule has 0 aliphatic rings. The molecule has 0 radical (unpaired) electrons. The average Bonchev–Trinajstić information content (AvgIpc) is 1.36. The van der Waals surface area contributed by atoms with Gasteiger partial charge in [0.15, 0.2) is 10.9 Å². The van der Waals surface area contributed by atoms with Crippen LogP contribution < -0.4 is 0 Å². The fourth-order valence-electron chi connectivity index (χ4n) is 0. The summed E-state index contributed by atoms with van der Waals surface area (Å²) in [5.74, 6) is 0. The molecule has 38 valence electrons. The van der Waals surface area contributed by atoms with Crippen molar-refractivity contribution < 1.29 is 17.9 Å². The van der Waals surface area contributed by atoms with E-state index in [0.717, 1.165) is 0 Å². The summed E-state index contributed by atoms with van der Waals surface area (Å²) in [6.07, 6.45) is 0. The minimum atomic E-state index is -2.33. The van der Waals surface area contributed by atoms with Crippen molar-refractivity contribution in [3.8, 4) is 0 Å². The third-order valence-corrected chi connectivity index (χ3v) is 0.114. The van der Waals surface area contributed by atoms with Crippen LogP contribution in [0.3, 0.4) is 0 Å². The highest BCUT2D eigenvalue weighted by molar-refractivity contribution is 3.63. The summed E-state index contributed by atoms with van der Waals surface area (Å²) in [6, 6.07) is 0. The van der Waals surface area contributed by atoms with Gasteiger partial charge in [0.1, 0.15) is 0 Å². The van der Waals surface area contributed by atoms with E-state index in [2.05, 4.69) is 0 Å². The monoisotopic (exact) mass is 104 g/mol. The zero-order valence-corrected chi connectivity index (χ0v) is 2.41. The minimum absolute atomic E-state index is 2.33. The molecule has 6 heavy (non-hydrogen) atoms. The molecular formula is F4N2. The Labute approximate surface area is 30.3 Å². The highest BCUT2D eigenvalue weighted by atomic mass is 19.5. The van der Waals surface area contributed by atoms with Gasteiger partial charge < -0.3 is 0 Å². The lowest BCUT2D eigenvalue weighted by Gasteiger charge is -1.92. The lowest BCUT2D eigenvalue weighted by atomic mass is 12.7. The van der Waals surface area contributed by atoms with E-state index >= 15 is 0 Å². The first-order valence-corrected chi connectivity index (χ1v) is 0.876. The lowest BCUT2D eigenvalue weighted by Crippen LogP contribution is -2.11. The van der Waals surface area contributed by atoms with Crippen LogP contribution >= 0.6 is 0 Å². The smallest absolute Gasteiger partial charge is 0.0784 e. The maximum atomic E-state index is 10.2. The van der Waals surface area contributed by atoms with Gasteiger partial charge >= 0.3 is 0 Å². The second kappa shape index (κ2) is 1.93. The molecule has 0 atom stereocenters. The van der Waals surface area contributed by atoms with Crippen LogP contribution in [0.15, 0.2) is 0 Å². The SMILES string of the molecule is FN(F)N(F)F. The standard InChI is InChI=1S/F4N2/c1-5(2)6(3)4. The van der Waals surface area contributed by atoms with Crippen LogP contribution in [0.5, 0.6) is 0 Å². The highest BCUT2D eigenvalue weighted by Crippen LogP contribution is 1.97. The number of hydrogen-bond acceptors (Lipinski definition) is 2. The molecule has 0 bridgehead atoms. The molecule has 0 saturated carbocycles. The Morgan fingerprint density at radius 1 is 0.667 bits per heavy atom. The van der Waals surface area contributed by atoms with Crippen molar-refractivity contribution in [1.82, 2.24) is 10.9 Å². The van der Waals surface area contributed by atoms with Gasteiger partial charge in [-0.15, -0.1) is 0 Å². The predicted molar refractivity (Wildman–Crippen MR) is 8.11 cm³/mol. The molecule has 2 nitrogen and oxygen atoms in total. The number of nitrogens with zero attached hydrogens (tertiary/aromatic N) is 2. The number of rotatable bonds is 1. The van der Waals surface area contributed by atoms with E-state index in [1.54, 1.807) is 0 Å². The Hall–Kier alpha value is -0.360. The van der Waals surface area contributed by atoms with Crippen molar-refractivity contribution >= 4 is 0 Å². The molecule has 0 rings (SSSR count). The second-order valence-electron chi connectivity index (χ2n) is 0.430. The topological polar surface area (TPSA) is 6.48 Å². The Morgan fingerprint density at radius 3 is 0.833 bits per heavy atom. The van der Waals surface area contributed by atoms with E-state index in [1.807, 2.05) is 0 Å². The first kappa shape index (κ1) is 5.64. The third kappa shape index (κ3) is 1.91. The Morgan fingerprint density at radius 2 is 0.833 bits per heavy atom. The first-order valence-electron chi connectivity index (χ1n) is 0.876. The fraction of sp³-hybridized carbons (Fsp3) is 0. The lowest BCUT2D eigenvalue weighted by molar-refractivity contribution is -0.446. The van der Waals surface area contributed by atoms with Crippen molar-refractivity contribution in [3.63, 3.8) is 0 Å². The fourth-order valence-corrected chi connectivity index (χ4v) is 0. The summed E-state index contributed by atoms with van der Waals surface area (Å²) in [6.45, 7) is 0. The van der Waals surface area contributed by atoms with E-state index in [9.17, 15) is 17.9 Å². The summed E-state index contributed by atoms with van der Waals surface area (Å²) in [4.78, 5) is 0. The van der Waals surface area contributed by atoms with Crippen LogP contribution in [0.25, 0.3) is 0 Å². The molecule has 0 saturated heterocycles. The maximum Gasteiger partial charge on any atom is 0.157 e. The van der Waals surface area contributed by atoms with Gasteiger partial charge in [-0.1, -0.05) is 17.9 Å². The van der Waals surface area contributed by atoms with Crippen LogP contribution in [0.4, 0.5) is 17.9 Å². The quantitative estimate of drug-likeness (QED) is 0.278. The van der Waals surface area contributed by atoms with E-state index in [1.165, 1.54) is 0 Å². The predicted octanol–water partition coefficient (Wildman–Crippen LogP) is 1.04. The highest BCUT2D eigenvalue weighted by Gasteiger charge is 2.08. The summed E-state index contributed by atoms with van der Waals surface area (Å²) in [5, 5.41) is 0. The van der Waals surface area contributed by atoms with Gasteiger partial charge in [0.25, 0.3) is 0 Å². The van der Waals surface area contributed by atoms with Crippen molar-refractivity contribution in [3.05, 3.63) is 0 Å². The van der Waals surface area contributed by atoms with Crippen molar-refractivity contribution in [2.45, 2.75) is 0 Å². The van der Waals surface area contributed by atoms with Gasteiger partial charge in [-0.25, -0.2) is 0 Å². The van der Waals surface area contributed by atoms with Crippen LogP contribution in [0.2, 0.25) is 0 Å². The molecule has 0 N–H and O–H groups in total. The normalized spacial score (nSPS) is 11.0. The zero-order chi connectivity index (χ0) is 5.15. The van der Waals surface area contributed by atoms with Gasteiger partial charge in [0.2, 0.25) is 0 Å². The Bertz CT molecular complexity index is 26.5. The zero-order valence-electron chi connectivity index (χ0n) is 2.41. The molecule has 0 unspecified atom stereocenters. The number of halogens is 4. The maximum absolute atomic E-state index is 10.2. The van der Waals surface area contributed by atoms with E-state index in [0.29, 0.717) is 0 Å². The molecule has 0 spiro atoms. The molecule has 0 aromatic heterocycles. The van der Waals surface area contributed by atoms with Crippen LogP contribution in [0, 0.1) is 0 Å². The molecular weight excluding hydrogens is 104 g/mol. The molecule has 0 aliphatic carbocycles. The largest absolute Gasteiger partial charge is 0.157 e. The van der Waals surface area contributed by atoms with Crippen LogP contribution in [-0.4, -0.2) is 10.9 Å². The van der Waals surface area contributed by atoms with E-state index in [4.69, 9.17) is 0 Å². The minimum Gasteiger partial charge on any atom is -0.0784 e. The summed E-state index contributed by atoms with van der Waals surface area (Å²) in [7, 11) is 0. The molecule has 0 aromatic carbocycles. The van der Waals surface area contributed by atoms with Gasteiger partial charge in [-0.05, 0) is 0 Å². The summed E-state index contributed by atoms with van der Waals surface area (Å²) < 4.78 is 40.7. The van der Waals surface area contributed by atoms with Crippen molar-refractivity contribution in [2.24, 2.45) is 0 Å². The van der Waals surface area contributed by atoms with Gasteiger partial charge in [-0.2, -0.15) is 0 Å². The third-order valence-electron chi connectivity index (χ3n) is 0.114. The summed E-state index contributed by atoms with van der Waals surface area (Å²) in [5.41, 5.74) is -4.67. The van der Waals surface area contributed by atoms with Crippen molar-refractivity contribution in [1.29, 1.82) is 0 Å². The van der Waals surface area contributed by atoms with E-state index in [-0.39, 0.29) is 0 Å². The van der Waals surface area contributed by atoms with Crippen molar-refractivity contribution in [2.75, 3.05) is 0 Å². The number of hydrogen-bond donors (Lipinski definition) is 0. The molecule has 0 aliphatic heterocycles. The van der Waals surface area contributed by atoms with Crippen LogP contribution in [0.1, 0.15) is 0 Å². The van der Waals surface area contributed by atoms with Gasteiger partial charge in [0, 0.05) is 0 Å². The first-order chi connectivity index (χ1) is 2.64. The summed E-state index contributed by atoms with van der Waals surface area (Å²) >= 11 is 0. The molecule has 6 heteroatoms. The Kier molecular flexibility index (Phi) is 1.82. The molecule has 0 aromatic rings. The van der Waals surface area contributed by atoms with Crippen LogP contribution in [-0.2, 0) is 0 Å². The second-order valence-corrected chi connectivity index (χ2v) is 0.430. The van der Waals surface area contributed by atoms with Gasteiger partial charge in [-0.3, -0.25) is 0 Å². The van der Waals surface area contributed by atoms with Gasteiger partial charge in [0.05, 0.1) is 0 Å².